The fourth-order valence-corrected chi connectivity index (χ4v) is 2.91. The molecule has 0 aliphatic heterocycles. The summed E-state index contributed by atoms with van der Waals surface area (Å²) in [4.78, 5) is 0. The second-order valence-corrected chi connectivity index (χ2v) is 5.32. The van der Waals surface area contributed by atoms with Crippen LogP contribution in [0.2, 0.25) is 0 Å². The maximum Gasteiger partial charge on any atom is 0.188 e. The van der Waals surface area contributed by atoms with E-state index in [1.165, 1.54) is 6.07 Å². The maximum atomic E-state index is 13.8. The van der Waals surface area contributed by atoms with E-state index in [2.05, 4.69) is 0 Å². The SMILES string of the molecule is COCOc1c(OC)cccc1Pc1ccccc1F. The molecule has 5 heteroatoms. The Kier molecular flexibility index (Phi) is 5.33. The van der Waals surface area contributed by atoms with E-state index in [9.17, 15) is 4.39 Å². The van der Waals surface area contributed by atoms with E-state index in [0.29, 0.717) is 16.8 Å². The molecular formula is C15H16FO3P. The van der Waals surface area contributed by atoms with Gasteiger partial charge < -0.3 is 14.2 Å². The fourth-order valence-electron chi connectivity index (χ4n) is 1.75. The van der Waals surface area contributed by atoms with Crippen LogP contribution in [0.15, 0.2) is 42.5 Å². The molecule has 0 spiro atoms. The molecule has 0 N–H and O–H groups in total. The van der Waals surface area contributed by atoms with Gasteiger partial charge in [0.2, 0.25) is 0 Å². The van der Waals surface area contributed by atoms with Gasteiger partial charge in [0, 0.05) is 17.7 Å². The number of rotatable bonds is 6. The number of ether oxygens (including phenoxy) is 3. The van der Waals surface area contributed by atoms with Gasteiger partial charge in [-0.1, -0.05) is 38.9 Å². The molecule has 2 rings (SSSR count). The molecule has 0 bridgehead atoms. The summed E-state index contributed by atoms with van der Waals surface area (Å²) >= 11 is 0. The van der Waals surface area contributed by atoms with Crippen LogP contribution in [0.25, 0.3) is 0 Å². The van der Waals surface area contributed by atoms with Crippen LogP contribution in [-0.2, 0) is 4.74 Å². The van der Waals surface area contributed by atoms with Crippen LogP contribution in [0.5, 0.6) is 11.5 Å². The van der Waals surface area contributed by atoms with Gasteiger partial charge in [-0.2, -0.15) is 0 Å². The third kappa shape index (κ3) is 3.47. The first-order valence-electron chi connectivity index (χ1n) is 6.06. The molecule has 2 aromatic rings. The lowest BCUT2D eigenvalue weighted by Gasteiger charge is -2.14. The lowest BCUT2D eigenvalue weighted by atomic mass is 10.3. The van der Waals surface area contributed by atoms with Gasteiger partial charge in [0.1, 0.15) is 5.82 Å². The predicted octanol–water partition coefficient (Wildman–Crippen LogP) is 2.45. The third-order valence-electron chi connectivity index (χ3n) is 2.66. The van der Waals surface area contributed by atoms with Gasteiger partial charge >= 0.3 is 0 Å². The Labute approximate surface area is 119 Å². The highest BCUT2D eigenvalue weighted by atomic mass is 31.1. The Morgan fingerprint density at radius 3 is 2.45 bits per heavy atom. The zero-order chi connectivity index (χ0) is 14.4. The summed E-state index contributed by atoms with van der Waals surface area (Å²) in [7, 11) is 3.27. The van der Waals surface area contributed by atoms with E-state index >= 15 is 0 Å². The van der Waals surface area contributed by atoms with Crippen molar-refractivity contribution in [2.24, 2.45) is 0 Å². The third-order valence-corrected chi connectivity index (χ3v) is 4.00. The number of hydrogen-bond donors (Lipinski definition) is 0. The van der Waals surface area contributed by atoms with E-state index in [4.69, 9.17) is 14.2 Å². The van der Waals surface area contributed by atoms with Gasteiger partial charge in [0.05, 0.1) is 7.11 Å². The van der Waals surface area contributed by atoms with E-state index < -0.39 is 0 Å². The van der Waals surface area contributed by atoms with Crippen LogP contribution >= 0.6 is 8.58 Å². The van der Waals surface area contributed by atoms with Gasteiger partial charge in [0.25, 0.3) is 0 Å². The minimum absolute atomic E-state index is 0.120. The second kappa shape index (κ2) is 7.22. The number of para-hydroxylation sites is 1. The number of hydrogen-bond acceptors (Lipinski definition) is 3. The standard InChI is InChI=1S/C15H16FO3P/c1-17-10-19-15-12(18-2)7-5-9-14(15)20-13-8-4-3-6-11(13)16/h3-9,20H,10H2,1-2H3. The first-order valence-corrected chi connectivity index (χ1v) is 7.06. The van der Waals surface area contributed by atoms with Gasteiger partial charge in [0.15, 0.2) is 18.3 Å². The first-order chi connectivity index (χ1) is 9.76. The molecular weight excluding hydrogens is 278 g/mol. The Balaban J connectivity index is 2.33. The first kappa shape index (κ1) is 14.8. The molecule has 0 heterocycles. The molecule has 3 nitrogen and oxygen atoms in total. The Morgan fingerprint density at radius 2 is 1.75 bits per heavy atom. The van der Waals surface area contributed by atoms with Crippen molar-refractivity contribution >= 4 is 19.2 Å². The Bertz CT molecular complexity index is 575. The van der Waals surface area contributed by atoms with Crippen molar-refractivity contribution in [2.45, 2.75) is 0 Å². The number of halogens is 1. The zero-order valence-electron chi connectivity index (χ0n) is 11.4. The summed E-state index contributed by atoms with van der Waals surface area (Å²) in [5, 5.41) is 1.52. The summed E-state index contributed by atoms with van der Waals surface area (Å²) in [5.74, 6) is 0.994. The highest BCUT2D eigenvalue weighted by molar-refractivity contribution is 7.55. The van der Waals surface area contributed by atoms with Crippen molar-refractivity contribution < 1.29 is 18.6 Å². The highest BCUT2D eigenvalue weighted by Crippen LogP contribution is 2.30. The van der Waals surface area contributed by atoms with E-state index in [0.717, 1.165) is 5.30 Å². The summed E-state index contributed by atoms with van der Waals surface area (Å²) in [6.45, 7) is 0.120. The Hall–Kier alpha value is -1.64. The van der Waals surface area contributed by atoms with Gasteiger partial charge in [-0.05, 0) is 12.1 Å². The number of benzene rings is 2. The van der Waals surface area contributed by atoms with E-state index in [-0.39, 0.29) is 21.2 Å². The van der Waals surface area contributed by atoms with Crippen molar-refractivity contribution in [3.8, 4) is 11.5 Å². The predicted molar refractivity (Wildman–Crippen MR) is 79.5 cm³/mol. The summed E-state index contributed by atoms with van der Waals surface area (Å²) in [6.07, 6.45) is 0. The molecule has 0 fully saturated rings. The largest absolute Gasteiger partial charge is 0.493 e. The van der Waals surface area contributed by atoms with Crippen LogP contribution in [0.3, 0.4) is 0 Å². The second-order valence-electron chi connectivity index (χ2n) is 3.99. The van der Waals surface area contributed by atoms with E-state index in [1.807, 2.05) is 18.2 Å². The highest BCUT2D eigenvalue weighted by Gasteiger charge is 2.12. The maximum absolute atomic E-state index is 13.8. The van der Waals surface area contributed by atoms with Gasteiger partial charge in [-0.3, -0.25) is 0 Å². The van der Waals surface area contributed by atoms with Crippen LogP contribution in [-0.4, -0.2) is 21.0 Å². The van der Waals surface area contributed by atoms with Crippen molar-refractivity contribution in [3.05, 3.63) is 48.3 Å². The van der Waals surface area contributed by atoms with Gasteiger partial charge in [-0.25, -0.2) is 4.39 Å². The minimum Gasteiger partial charge on any atom is -0.493 e. The average molecular weight is 294 g/mol. The monoisotopic (exact) mass is 294 g/mol. The smallest absolute Gasteiger partial charge is 0.188 e. The normalized spacial score (nSPS) is 10.9. The molecule has 20 heavy (non-hydrogen) atoms. The van der Waals surface area contributed by atoms with Crippen molar-refractivity contribution in [1.82, 2.24) is 0 Å². The fraction of sp³-hybridized carbons (Fsp3) is 0.200. The molecule has 106 valence electrons. The van der Waals surface area contributed by atoms with Gasteiger partial charge in [-0.15, -0.1) is 0 Å². The van der Waals surface area contributed by atoms with Crippen LogP contribution in [0.4, 0.5) is 4.39 Å². The van der Waals surface area contributed by atoms with Crippen LogP contribution < -0.4 is 20.1 Å². The van der Waals surface area contributed by atoms with Crippen molar-refractivity contribution in [1.29, 1.82) is 0 Å². The van der Waals surface area contributed by atoms with Crippen LogP contribution in [0.1, 0.15) is 0 Å². The van der Waals surface area contributed by atoms with Crippen LogP contribution in [0, 0.1) is 5.82 Å². The summed E-state index contributed by atoms with van der Waals surface area (Å²) in [5.41, 5.74) is 0. The van der Waals surface area contributed by atoms with Crippen molar-refractivity contribution in [2.75, 3.05) is 21.0 Å². The summed E-state index contributed by atoms with van der Waals surface area (Å²) < 4.78 is 29.5. The molecule has 0 aromatic heterocycles. The van der Waals surface area contributed by atoms with E-state index in [1.54, 1.807) is 32.4 Å². The lowest BCUT2D eigenvalue weighted by Crippen LogP contribution is -2.13. The lowest BCUT2D eigenvalue weighted by molar-refractivity contribution is 0.0500. The quantitative estimate of drug-likeness (QED) is 0.605. The van der Waals surface area contributed by atoms with Crippen molar-refractivity contribution in [3.63, 3.8) is 0 Å². The molecule has 0 aliphatic carbocycles. The molecule has 0 saturated heterocycles. The molecule has 0 radical (unpaired) electrons. The zero-order valence-corrected chi connectivity index (χ0v) is 12.4. The minimum atomic E-state index is -0.216. The molecule has 1 atom stereocenters. The summed E-state index contributed by atoms with van der Waals surface area (Å²) in [6, 6.07) is 12.3. The topological polar surface area (TPSA) is 27.7 Å². The molecule has 0 aliphatic rings. The number of methoxy groups -OCH3 is 2. The molecule has 1 unspecified atom stereocenters. The molecule has 2 aromatic carbocycles. The molecule has 0 saturated carbocycles. The molecule has 0 amide bonds. The Morgan fingerprint density at radius 1 is 1.00 bits per heavy atom. The average Bonchev–Trinajstić information content (AvgIpc) is 2.48.